The number of aromatic hydroxyl groups is 1. The number of benzene rings is 1. The Kier molecular flexibility index (Phi) is 35.9. The second kappa shape index (κ2) is 40.8. The number of rotatable bonds is 43. The summed E-state index contributed by atoms with van der Waals surface area (Å²) in [6.45, 7) is 7.65. The normalized spacial score (nSPS) is 15.1. The molecule has 490 valence electrons. The number of primary amides is 1. The molecular formula is C54H95N19O14. The smallest absolute Gasteiger partial charge is 0.325 e. The molecule has 0 fully saturated rings. The zero-order valence-corrected chi connectivity index (χ0v) is 50.3. The van der Waals surface area contributed by atoms with E-state index in [1.807, 2.05) is 6.92 Å². The fourth-order valence-corrected chi connectivity index (χ4v) is 8.27. The van der Waals surface area contributed by atoms with Crippen molar-refractivity contribution in [3.8, 4) is 5.75 Å². The first kappa shape index (κ1) is 76.6. The van der Waals surface area contributed by atoms with Crippen LogP contribution in [0.4, 0.5) is 0 Å². The molecule has 1 aromatic rings. The number of aliphatic hydroxyl groups excluding tert-OH is 1. The van der Waals surface area contributed by atoms with E-state index in [1.54, 1.807) is 6.92 Å². The maximum Gasteiger partial charge on any atom is 0.325 e. The molecule has 33 nitrogen and oxygen atoms in total. The van der Waals surface area contributed by atoms with Gasteiger partial charge in [-0.3, -0.25) is 62.7 Å². The first-order valence-electron chi connectivity index (χ1n) is 28.9. The van der Waals surface area contributed by atoms with Gasteiger partial charge in [0.25, 0.3) is 0 Å². The van der Waals surface area contributed by atoms with Gasteiger partial charge in [-0.25, -0.2) is 0 Å². The molecule has 0 radical (unpaired) electrons. The van der Waals surface area contributed by atoms with Gasteiger partial charge in [0.05, 0.1) is 12.1 Å². The van der Waals surface area contributed by atoms with Crippen LogP contribution in [0, 0.1) is 5.92 Å². The molecule has 87 heavy (non-hydrogen) atoms. The van der Waals surface area contributed by atoms with Crippen molar-refractivity contribution in [3.05, 3.63) is 29.8 Å². The molecule has 0 unspecified atom stereocenters. The lowest BCUT2D eigenvalue weighted by molar-refractivity contribution is -0.142. The molecule has 0 aliphatic carbocycles. The second-order valence-corrected chi connectivity index (χ2v) is 21.1. The fraction of sp³-hybridized carbons (Fsp3) is 0.648. The average molecular weight is 1230 g/mol. The van der Waals surface area contributed by atoms with Crippen molar-refractivity contribution in [1.29, 1.82) is 0 Å². The molecular weight excluding hydrogens is 1140 g/mol. The molecule has 1 rings (SSSR count). The zero-order chi connectivity index (χ0) is 65.9. The number of carboxylic acids is 1. The minimum absolute atomic E-state index is 0.00250. The largest absolute Gasteiger partial charge is 0.508 e. The Balaban J connectivity index is 3.75. The molecule has 1 aromatic carbocycles. The lowest BCUT2D eigenvalue weighted by atomic mass is 9.98. The topological polar surface area (TPSA) is 590 Å². The Hall–Kier alpha value is -8.43. The molecule has 0 aliphatic heterocycles. The number of carboxylic acid groups (broad SMARTS) is 1. The monoisotopic (exact) mass is 1230 g/mol. The Morgan fingerprint density at radius 1 is 0.483 bits per heavy atom. The van der Waals surface area contributed by atoms with E-state index in [0.29, 0.717) is 24.8 Å². The van der Waals surface area contributed by atoms with E-state index in [4.69, 9.17) is 45.9 Å². The van der Waals surface area contributed by atoms with Gasteiger partial charge in [0.15, 0.2) is 11.9 Å². The number of phenolic OH excluding ortho intramolecular Hbond substituents is 1. The third kappa shape index (κ3) is 30.5. The molecule has 0 spiro atoms. The van der Waals surface area contributed by atoms with Crippen LogP contribution in [0.2, 0.25) is 0 Å². The Morgan fingerprint density at radius 3 is 1.25 bits per heavy atom. The quantitative estimate of drug-likeness (QED) is 0.0164. The molecule has 28 N–H and O–H groups in total. The number of nitrogens with zero attached hydrogens (tertiary/aromatic N) is 2. The van der Waals surface area contributed by atoms with Crippen LogP contribution in [-0.4, -0.2) is 185 Å². The van der Waals surface area contributed by atoms with Crippen molar-refractivity contribution in [2.75, 3.05) is 26.2 Å². The highest BCUT2D eigenvalue weighted by Crippen LogP contribution is 2.15. The van der Waals surface area contributed by atoms with Gasteiger partial charge in [-0.1, -0.05) is 32.4 Å². The predicted molar refractivity (Wildman–Crippen MR) is 321 cm³/mol. The number of nitrogens with two attached hydrogens (primary N) is 8. The Morgan fingerprint density at radius 2 is 0.862 bits per heavy atom. The number of aliphatic hydroxyl groups is 1. The van der Waals surface area contributed by atoms with Crippen LogP contribution in [0.1, 0.15) is 124 Å². The van der Waals surface area contributed by atoms with Crippen molar-refractivity contribution in [2.45, 2.75) is 191 Å². The number of nitrogens with one attached hydrogen (secondary N) is 9. The molecule has 10 amide bonds. The van der Waals surface area contributed by atoms with Crippen LogP contribution in [0.5, 0.6) is 5.75 Å². The Bertz CT molecular complexity index is 2480. The highest BCUT2D eigenvalue weighted by Gasteiger charge is 2.36. The third-order valence-electron chi connectivity index (χ3n) is 13.7. The summed E-state index contributed by atoms with van der Waals surface area (Å²) in [6, 6.07) is -8.61. The van der Waals surface area contributed by atoms with Crippen LogP contribution < -0.4 is 93.7 Å². The van der Waals surface area contributed by atoms with Crippen LogP contribution >= 0.6 is 0 Å². The van der Waals surface area contributed by atoms with Crippen LogP contribution in [0.15, 0.2) is 34.3 Å². The standard InChI is InChI=1S/C54H95N19O14/c1-6-28(2)41(58)50(84)71-37(16-12-26-64-54(61)62)46(80)69-36(15-11-25-63-53(59)60)47(81)72-39(27-32-17-19-33(75)20-18-32)49(83)70-38(21-22-40(57)76)48(82)68-35(14-8-10-24-56)45(79)67-34(13-7-9-23-55)44(78)65-29(3)43(77)73-42(31(5)74)51(85)66-30(4)52(86)87/h17-20,28-31,34-39,41-42,74-75H,6-16,21-27,55-56,58H2,1-5H3,(H2,57,76)(H,65,78)(H,66,85)(H,67,79)(H,68,82)(H,69,80)(H,70,83)(H,71,84)(H,72,81)(H,73,77)(H,86,87)(H4,59,60,63)(H4,61,62,64)/t28-,29-,30-,31+,34-,35-,36-,37-,38-,39-,41-,42-/m0/s1. The van der Waals surface area contributed by atoms with Crippen molar-refractivity contribution < 1.29 is 68.1 Å². The van der Waals surface area contributed by atoms with Crippen molar-refractivity contribution in [3.63, 3.8) is 0 Å². The van der Waals surface area contributed by atoms with Crippen LogP contribution in [-0.2, 0) is 59.2 Å². The maximum absolute atomic E-state index is 14.6. The lowest BCUT2D eigenvalue weighted by Gasteiger charge is -2.28. The summed E-state index contributed by atoms with van der Waals surface area (Å²) >= 11 is 0. The molecule has 0 aromatic heterocycles. The number of aliphatic imine (C=N–C) groups is 2. The molecule has 0 aliphatic rings. The number of guanidine groups is 2. The van der Waals surface area contributed by atoms with Gasteiger partial charge < -0.3 is 109 Å². The summed E-state index contributed by atoms with van der Waals surface area (Å²) < 4.78 is 0. The number of carbonyl (C=O) groups excluding carboxylic acids is 10. The van der Waals surface area contributed by atoms with Crippen molar-refractivity contribution in [1.82, 2.24) is 47.9 Å². The predicted octanol–water partition coefficient (Wildman–Crippen LogP) is -6.19. The summed E-state index contributed by atoms with van der Waals surface area (Å²) in [7, 11) is 0. The van der Waals surface area contributed by atoms with Gasteiger partial charge in [-0.15, -0.1) is 0 Å². The van der Waals surface area contributed by atoms with Gasteiger partial charge in [-0.2, -0.15) is 0 Å². The van der Waals surface area contributed by atoms with Crippen LogP contribution in [0.25, 0.3) is 0 Å². The minimum atomic E-state index is -1.64. The van der Waals surface area contributed by atoms with E-state index in [2.05, 4.69) is 57.8 Å². The molecule has 0 saturated heterocycles. The number of hydrogen-bond acceptors (Lipinski definition) is 18. The first-order chi connectivity index (χ1) is 40.9. The molecule has 0 saturated carbocycles. The number of amides is 10. The van der Waals surface area contributed by atoms with E-state index in [9.17, 15) is 68.1 Å². The highest BCUT2D eigenvalue weighted by atomic mass is 16.4. The van der Waals surface area contributed by atoms with E-state index >= 15 is 0 Å². The van der Waals surface area contributed by atoms with Crippen molar-refractivity contribution >= 4 is 77.0 Å². The van der Waals surface area contributed by atoms with Gasteiger partial charge in [0.2, 0.25) is 59.1 Å². The van der Waals surface area contributed by atoms with Gasteiger partial charge in [0.1, 0.15) is 60.1 Å². The summed E-state index contributed by atoms with van der Waals surface area (Å²) in [5.41, 5.74) is 45.7. The first-order valence-corrected chi connectivity index (χ1v) is 28.9. The number of phenols is 1. The van der Waals surface area contributed by atoms with E-state index < -0.39 is 144 Å². The molecule has 33 heteroatoms. The third-order valence-corrected chi connectivity index (χ3v) is 13.7. The Labute approximate surface area is 506 Å². The van der Waals surface area contributed by atoms with E-state index in [1.165, 1.54) is 45.0 Å². The average Bonchev–Trinajstić information content (AvgIpc) is 3.45. The number of carbonyl (C=O) groups is 11. The fourth-order valence-electron chi connectivity index (χ4n) is 8.27. The highest BCUT2D eigenvalue weighted by molar-refractivity contribution is 5.99. The summed E-state index contributed by atoms with van der Waals surface area (Å²) in [4.78, 5) is 157. The van der Waals surface area contributed by atoms with Gasteiger partial charge in [0, 0.05) is 25.9 Å². The van der Waals surface area contributed by atoms with E-state index in [0.717, 1.165) is 0 Å². The number of hydrogen-bond donors (Lipinski definition) is 20. The molecule has 12 atom stereocenters. The minimum Gasteiger partial charge on any atom is -0.508 e. The maximum atomic E-state index is 14.6. The molecule has 0 heterocycles. The summed E-state index contributed by atoms with van der Waals surface area (Å²) in [6.07, 6.45) is -0.849. The van der Waals surface area contributed by atoms with Crippen LogP contribution in [0.3, 0.4) is 0 Å². The van der Waals surface area contributed by atoms with Crippen molar-refractivity contribution in [2.24, 2.45) is 61.8 Å². The number of aliphatic carboxylic acids is 1. The SMILES string of the molecule is CC[C@H](C)[C@H](N)C(=O)N[C@@H](CCCN=C(N)N)C(=O)N[C@@H](CCCN=C(N)N)C(=O)N[C@@H](Cc1ccc(O)cc1)C(=O)N[C@@H](CCC(N)=O)C(=O)N[C@@H](CCCCN)C(=O)N[C@@H](CCCCN)C(=O)N[C@@H](C)C(=O)N[C@H](C(=O)N[C@@H](C)C(=O)O)[C@@H](C)O. The van der Waals surface area contributed by atoms with Gasteiger partial charge in [-0.05, 0) is 128 Å². The lowest BCUT2D eigenvalue weighted by Crippen LogP contribution is -2.61. The second-order valence-electron chi connectivity index (χ2n) is 21.1. The summed E-state index contributed by atoms with van der Waals surface area (Å²) in [5.74, 6) is -11.3. The number of unbranched alkanes of at least 4 members (excludes halogenated alkanes) is 2. The van der Waals surface area contributed by atoms with E-state index in [-0.39, 0.29) is 108 Å². The summed E-state index contributed by atoms with van der Waals surface area (Å²) in [5, 5.41) is 52.2. The zero-order valence-electron chi connectivity index (χ0n) is 50.3. The van der Waals surface area contributed by atoms with Gasteiger partial charge >= 0.3 is 5.97 Å². The molecule has 0 bridgehead atoms.